The molecule has 2 aromatic carbocycles. The number of carbonyl (C=O) groups excluding carboxylic acids is 1. The highest BCUT2D eigenvalue weighted by Gasteiger charge is 2.13. The third-order valence-corrected chi connectivity index (χ3v) is 4.80. The van der Waals surface area contributed by atoms with E-state index in [1.54, 1.807) is 4.57 Å². The van der Waals surface area contributed by atoms with Crippen LogP contribution in [0.4, 0.5) is 8.78 Å². The number of terminal acetylenes is 1. The second-order valence-corrected chi connectivity index (χ2v) is 6.38. The molecule has 0 fully saturated rings. The van der Waals surface area contributed by atoms with Crippen molar-refractivity contribution in [3.05, 3.63) is 64.0 Å². The lowest BCUT2D eigenvalue weighted by Crippen LogP contribution is -2.17. The molecule has 0 spiro atoms. The van der Waals surface area contributed by atoms with Crippen LogP contribution in [-0.4, -0.2) is 10.5 Å². The first-order valence-corrected chi connectivity index (χ1v) is 8.45. The van der Waals surface area contributed by atoms with Crippen molar-refractivity contribution in [3.8, 4) is 12.3 Å². The Morgan fingerprint density at radius 2 is 2.08 bits per heavy atom. The Morgan fingerprint density at radius 1 is 1.28 bits per heavy atom. The zero-order valence-corrected chi connectivity index (χ0v) is 14.2. The molecule has 126 valence electrons. The molecule has 0 atom stereocenters. The van der Waals surface area contributed by atoms with Crippen molar-refractivity contribution in [2.45, 2.75) is 19.9 Å². The van der Waals surface area contributed by atoms with Gasteiger partial charge >= 0.3 is 0 Å². The summed E-state index contributed by atoms with van der Waals surface area (Å²) in [6.07, 6.45) is 6.31. The summed E-state index contributed by atoms with van der Waals surface area (Å²) in [5.74, 6) is 0.0818. The highest BCUT2D eigenvalue weighted by Crippen LogP contribution is 2.20. The first kappa shape index (κ1) is 17.1. The summed E-state index contributed by atoms with van der Waals surface area (Å²) in [5.41, 5.74) is 1.75. The Morgan fingerprint density at radius 3 is 2.76 bits per heavy atom. The van der Waals surface area contributed by atoms with Gasteiger partial charge in [0.2, 0.25) is 0 Å². The van der Waals surface area contributed by atoms with Crippen LogP contribution in [0.1, 0.15) is 22.8 Å². The highest BCUT2D eigenvalue weighted by molar-refractivity contribution is 7.16. The minimum Gasteiger partial charge on any atom is -0.305 e. The van der Waals surface area contributed by atoms with Crippen molar-refractivity contribution < 1.29 is 13.6 Å². The van der Waals surface area contributed by atoms with E-state index in [1.807, 2.05) is 18.2 Å². The molecule has 0 aliphatic rings. The largest absolute Gasteiger partial charge is 0.305 e. The number of aromatic nitrogens is 1. The predicted molar refractivity (Wildman–Crippen MR) is 94.3 cm³/mol. The Bertz CT molecular complexity index is 1070. The SMILES string of the molecule is C#CCn1c(=NC(=O)c2ccc(F)cc2F)sc2cc(CC)ccc21. The minimum atomic E-state index is -0.938. The van der Waals surface area contributed by atoms with Crippen molar-refractivity contribution >= 4 is 27.5 Å². The maximum absolute atomic E-state index is 13.8. The van der Waals surface area contributed by atoms with E-state index in [4.69, 9.17) is 6.42 Å². The van der Waals surface area contributed by atoms with E-state index < -0.39 is 17.5 Å². The quantitative estimate of drug-likeness (QED) is 0.655. The monoisotopic (exact) mass is 356 g/mol. The number of benzene rings is 2. The average Bonchev–Trinajstić information content (AvgIpc) is 2.91. The molecule has 0 bridgehead atoms. The van der Waals surface area contributed by atoms with Crippen LogP contribution >= 0.6 is 11.3 Å². The fourth-order valence-electron chi connectivity index (χ4n) is 2.48. The van der Waals surface area contributed by atoms with Crippen molar-refractivity contribution in [1.29, 1.82) is 0 Å². The first-order valence-electron chi connectivity index (χ1n) is 7.63. The van der Waals surface area contributed by atoms with E-state index in [1.165, 1.54) is 11.3 Å². The van der Waals surface area contributed by atoms with Crippen LogP contribution < -0.4 is 4.80 Å². The standard InChI is InChI=1S/C19H14F2N2OS/c1-3-9-23-16-8-5-12(4-2)10-17(16)25-19(23)22-18(24)14-7-6-13(20)11-15(14)21/h1,5-8,10-11H,4,9H2,2H3. The smallest absolute Gasteiger partial charge is 0.282 e. The van der Waals surface area contributed by atoms with Gasteiger partial charge in [0.15, 0.2) is 4.80 Å². The van der Waals surface area contributed by atoms with Crippen LogP contribution in [0.25, 0.3) is 10.2 Å². The van der Waals surface area contributed by atoms with Crippen LogP contribution in [0.15, 0.2) is 41.4 Å². The van der Waals surface area contributed by atoms with Crippen LogP contribution in [0.2, 0.25) is 0 Å². The molecule has 0 aliphatic carbocycles. The molecule has 3 aromatic rings. The second-order valence-electron chi connectivity index (χ2n) is 5.37. The number of nitrogens with zero attached hydrogens (tertiary/aromatic N) is 2. The van der Waals surface area contributed by atoms with Crippen LogP contribution in [0.5, 0.6) is 0 Å². The molecule has 0 N–H and O–H groups in total. The molecule has 0 radical (unpaired) electrons. The summed E-state index contributed by atoms with van der Waals surface area (Å²) >= 11 is 1.31. The number of hydrogen-bond acceptors (Lipinski definition) is 2. The third-order valence-electron chi connectivity index (χ3n) is 3.76. The Balaban J connectivity index is 2.16. The number of halogens is 2. The van der Waals surface area contributed by atoms with Crippen molar-refractivity contribution in [1.82, 2.24) is 4.57 Å². The second kappa shape index (κ2) is 6.99. The first-order chi connectivity index (χ1) is 12.0. The van der Waals surface area contributed by atoms with Gasteiger partial charge in [-0.2, -0.15) is 4.99 Å². The van der Waals surface area contributed by atoms with E-state index in [9.17, 15) is 13.6 Å². The third kappa shape index (κ3) is 3.37. The van der Waals surface area contributed by atoms with E-state index in [-0.39, 0.29) is 12.1 Å². The summed E-state index contributed by atoms with van der Waals surface area (Å²) < 4.78 is 29.5. The van der Waals surface area contributed by atoms with Crippen molar-refractivity contribution in [3.63, 3.8) is 0 Å². The number of fused-ring (bicyclic) bond motifs is 1. The highest BCUT2D eigenvalue weighted by atomic mass is 32.1. The molecule has 1 aromatic heterocycles. The average molecular weight is 356 g/mol. The summed E-state index contributed by atoms with van der Waals surface area (Å²) in [6.45, 7) is 2.29. The summed E-state index contributed by atoms with van der Waals surface area (Å²) in [6, 6.07) is 8.73. The van der Waals surface area contributed by atoms with E-state index in [0.29, 0.717) is 10.9 Å². The number of rotatable bonds is 3. The van der Waals surface area contributed by atoms with Crippen molar-refractivity contribution in [2.24, 2.45) is 4.99 Å². The lowest BCUT2D eigenvalue weighted by atomic mass is 10.2. The van der Waals surface area contributed by atoms with Gasteiger partial charge in [-0.3, -0.25) is 4.79 Å². The topological polar surface area (TPSA) is 34.4 Å². The minimum absolute atomic E-state index is 0.240. The summed E-state index contributed by atoms with van der Waals surface area (Å²) in [4.78, 5) is 16.7. The van der Waals surface area contributed by atoms with Crippen LogP contribution in [-0.2, 0) is 13.0 Å². The van der Waals surface area contributed by atoms with Crippen LogP contribution in [0, 0.1) is 24.0 Å². The fraction of sp³-hybridized carbons (Fsp3) is 0.158. The molecule has 0 saturated heterocycles. The van der Waals surface area contributed by atoms with Gasteiger partial charge in [0.25, 0.3) is 5.91 Å². The number of amides is 1. The molecular weight excluding hydrogens is 342 g/mol. The molecule has 0 aliphatic heterocycles. The van der Waals surface area contributed by atoms with Gasteiger partial charge < -0.3 is 4.57 Å². The maximum atomic E-state index is 13.8. The van der Waals surface area contributed by atoms with Gasteiger partial charge in [-0.15, -0.1) is 6.42 Å². The number of thiazole rings is 1. The van der Waals surface area contributed by atoms with Crippen LogP contribution in [0.3, 0.4) is 0 Å². The molecule has 3 rings (SSSR count). The molecule has 1 heterocycles. The van der Waals surface area contributed by atoms with Gasteiger partial charge in [-0.25, -0.2) is 8.78 Å². The summed E-state index contributed by atoms with van der Waals surface area (Å²) in [5, 5.41) is 0. The zero-order valence-electron chi connectivity index (χ0n) is 13.4. The van der Waals surface area contributed by atoms with Gasteiger partial charge in [0.1, 0.15) is 11.6 Å². The molecular formula is C19H14F2N2OS. The lowest BCUT2D eigenvalue weighted by Gasteiger charge is -2.01. The number of hydrogen-bond donors (Lipinski definition) is 0. The van der Waals surface area contributed by atoms with E-state index in [0.717, 1.165) is 34.3 Å². The molecule has 0 unspecified atom stereocenters. The molecule has 3 nitrogen and oxygen atoms in total. The fourth-order valence-corrected chi connectivity index (χ4v) is 3.57. The maximum Gasteiger partial charge on any atom is 0.282 e. The van der Waals surface area contributed by atoms with E-state index in [2.05, 4.69) is 17.8 Å². The predicted octanol–water partition coefficient (Wildman–Crippen LogP) is 3.92. The van der Waals surface area contributed by atoms with Gasteiger partial charge in [0, 0.05) is 6.07 Å². The Labute approximate surface area is 147 Å². The van der Waals surface area contributed by atoms with Gasteiger partial charge in [-0.05, 0) is 36.2 Å². The van der Waals surface area contributed by atoms with Gasteiger partial charge in [-0.1, -0.05) is 30.2 Å². The molecule has 25 heavy (non-hydrogen) atoms. The molecule has 0 saturated carbocycles. The normalized spacial score (nSPS) is 11.7. The molecule has 6 heteroatoms. The molecule has 1 amide bonds. The number of carbonyl (C=O) groups is 1. The zero-order chi connectivity index (χ0) is 18.0. The van der Waals surface area contributed by atoms with E-state index >= 15 is 0 Å². The number of aryl methyl sites for hydroxylation is 1. The summed E-state index contributed by atoms with van der Waals surface area (Å²) in [7, 11) is 0. The Hall–Kier alpha value is -2.78. The van der Waals surface area contributed by atoms with Gasteiger partial charge in [0.05, 0.1) is 22.3 Å². The van der Waals surface area contributed by atoms with Crippen molar-refractivity contribution in [2.75, 3.05) is 0 Å². The lowest BCUT2D eigenvalue weighted by molar-refractivity contribution is 0.0994. The Kier molecular flexibility index (Phi) is 4.77.